The Morgan fingerprint density at radius 2 is 2.25 bits per heavy atom. The number of nitrogens with zero attached hydrogens (tertiary/aromatic N) is 2. The summed E-state index contributed by atoms with van der Waals surface area (Å²) in [6.07, 6.45) is 7.07. The molecule has 88 valence electrons. The van der Waals surface area contributed by atoms with Crippen LogP contribution < -0.4 is 4.90 Å². The van der Waals surface area contributed by atoms with E-state index < -0.39 is 0 Å². The number of alkyl halides is 1. The zero-order chi connectivity index (χ0) is 11.4. The molecule has 0 bridgehead atoms. The van der Waals surface area contributed by atoms with Crippen molar-refractivity contribution in [1.29, 1.82) is 0 Å². The quantitative estimate of drug-likeness (QED) is 0.752. The highest BCUT2D eigenvalue weighted by molar-refractivity contribution is 9.10. The van der Waals surface area contributed by atoms with E-state index in [1.807, 2.05) is 12.3 Å². The maximum Gasteiger partial charge on any atom is 0.143 e. The van der Waals surface area contributed by atoms with Crippen LogP contribution in [0.3, 0.4) is 0 Å². The maximum absolute atomic E-state index is 4.50. The molecule has 1 aromatic rings. The molecule has 1 fully saturated rings. The predicted molar refractivity (Wildman–Crippen MR) is 75.3 cm³/mol. The van der Waals surface area contributed by atoms with Crippen molar-refractivity contribution in [3.05, 3.63) is 22.8 Å². The van der Waals surface area contributed by atoms with E-state index in [2.05, 4.69) is 47.8 Å². The van der Waals surface area contributed by atoms with E-state index >= 15 is 0 Å². The van der Waals surface area contributed by atoms with Gasteiger partial charge in [0.05, 0.1) is 4.47 Å². The van der Waals surface area contributed by atoms with Crippen LogP contribution >= 0.6 is 31.9 Å². The Morgan fingerprint density at radius 3 is 3.00 bits per heavy atom. The summed E-state index contributed by atoms with van der Waals surface area (Å²) in [6.45, 7) is 1.12. The summed E-state index contributed by atoms with van der Waals surface area (Å²) in [6, 6.07) is 4.61. The Kier molecular flexibility index (Phi) is 4.65. The van der Waals surface area contributed by atoms with E-state index in [1.165, 1.54) is 25.7 Å². The Hall–Kier alpha value is -0.0900. The van der Waals surface area contributed by atoms with Gasteiger partial charge in [-0.05, 0) is 40.9 Å². The minimum Gasteiger partial charge on any atom is -0.352 e. The standard InChI is InChI=1S/C12H16Br2N2/c13-9-10-5-2-1-3-8-16(10)12-11(14)6-4-7-15-12/h4,6-7,10H,1-3,5,8-9H2. The Bertz CT molecular complexity index is 344. The second kappa shape index (κ2) is 6.01. The number of hydrogen-bond acceptors (Lipinski definition) is 2. The zero-order valence-corrected chi connectivity index (χ0v) is 12.4. The molecule has 1 aromatic heterocycles. The largest absolute Gasteiger partial charge is 0.352 e. The van der Waals surface area contributed by atoms with Crippen molar-refractivity contribution < 1.29 is 0 Å². The monoisotopic (exact) mass is 346 g/mol. The molecule has 2 rings (SSSR count). The van der Waals surface area contributed by atoms with Gasteiger partial charge in [-0.25, -0.2) is 4.98 Å². The molecule has 0 aliphatic carbocycles. The third-order valence-corrected chi connectivity index (χ3v) is 4.43. The first-order valence-electron chi connectivity index (χ1n) is 5.76. The first kappa shape index (κ1) is 12.4. The van der Waals surface area contributed by atoms with Gasteiger partial charge in [-0.3, -0.25) is 0 Å². The highest BCUT2D eigenvalue weighted by Crippen LogP contribution is 2.29. The van der Waals surface area contributed by atoms with Gasteiger partial charge in [0.15, 0.2) is 0 Å². The van der Waals surface area contributed by atoms with Gasteiger partial charge >= 0.3 is 0 Å². The summed E-state index contributed by atoms with van der Waals surface area (Å²) >= 11 is 7.22. The second-order valence-corrected chi connectivity index (χ2v) is 5.66. The summed E-state index contributed by atoms with van der Waals surface area (Å²) in [4.78, 5) is 6.94. The molecule has 4 heteroatoms. The zero-order valence-electron chi connectivity index (χ0n) is 9.20. The van der Waals surface area contributed by atoms with Crippen molar-refractivity contribution in [2.24, 2.45) is 0 Å². The van der Waals surface area contributed by atoms with Gasteiger partial charge in [-0.15, -0.1) is 0 Å². The average molecular weight is 348 g/mol. The number of anilines is 1. The van der Waals surface area contributed by atoms with Crippen LogP contribution in [-0.2, 0) is 0 Å². The third kappa shape index (κ3) is 2.77. The summed E-state index contributed by atoms with van der Waals surface area (Å²) in [5.74, 6) is 1.09. The van der Waals surface area contributed by atoms with E-state index in [0.717, 1.165) is 22.2 Å². The van der Waals surface area contributed by atoms with E-state index in [4.69, 9.17) is 0 Å². The molecular formula is C12H16Br2N2. The first-order chi connectivity index (χ1) is 7.83. The van der Waals surface area contributed by atoms with Gasteiger partial charge in [-0.1, -0.05) is 28.8 Å². The van der Waals surface area contributed by atoms with Crippen molar-refractivity contribution in [3.63, 3.8) is 0 Å². The maximum atomic E-state index is 4.50. The Morgan fingerprint density at radius 1 is 1.38 bits per heavy atom. The molecule has 1 atom stereocenters. The predicted octanol–water partition coefficient (Wildman–Crippen LogP) is 3.99. The molecule has 1 unspecified atom stereocenters. The molecule has 1 aliphatic heterocycles. The lowest BCUT2D eigenvalue weighted by Gasteiger charge is -2.30. The summed E-state index contributed by atoms with van der Waals surface area (Å²) in [7, 11) is 0. The third-order valence-electron chi connectivity index (χ3n) is 3.07. The number of rotatable bonds is 2. The summed E-state index contributed by atoms with van der Waals surface area (Å²) in [5, 5.41) is 1.02. The second-order valence-electron chi connectivity index (χ2n) is 4.16. The SMILES string of the molecule is BrCC1CCCCCN1c1ncccc1Br. The molecule has 0 saturated carbocycles. The molecule has 0 amide bonds. The fourth-order valence-electron chi connectivity index (χ4n) is 2.21. The van der Waals surface area contributed by atoms with Crippen LogP contribution in [0.1, 0.15) is 25.7 Å². The lowest BCUT2D eigenvalue weighted by Crippen LogP contribution is -2.36. The van der Waals surface area contributed by atoms with Crippen molar-refractivity contribution in [2.45, 2.75) is 31.7 Å². The lowest BCUT2D eigenvalue weighted by molar-refractivity contribution is 0.620. The van der Waals surface area contributed by atoms with Gasteiger partial charge in [-0.2, -0.15) is 0 Å². The van der Waals surface area contributed by atoms with Crippen LogP contribution in [0.15, 0.2) is 22.8 Å². The topological polar surface area (TPSA) is 16.1 Å². The molecule has 0 radical (unpaired) electrons. The van der Waals surface area contributed by atoms with Gasteiger partial charge in [0.2, 0.25) is 0 Å². The first-order valence-corrected chi connectivity index (χ1v) is 7.67. The van der Waals surface area contributed by atoms with Crippen LogP contribution in [0.2, 0.25) is 0 Å². The molecule has 2 heterocycles. The summed E-state index contributed by atoms with van der Waals surface area (Å²) < 4.78 is 1.10. The van der Waals surface area contributed by atoms with Crippen LogP contribution in [0.25, 0.3) is 0 Å². The molecule has 1 saturated heterocycles. The van der Waals surface area contributed by atoms with Crippen LogP contribution in [0.5, 0.6) is 0 Å². The molecule has 2 nitrogen and oxygen atoms in total. The van der Waals surface area contributed by atoms with Crippen molar-refractivity contribution in [3.8, 4) is 0 Å². The number of hydrogen-bond donors (Lipinski definition) is 0. The Labute approximate surface area is 114 Å². The normalized spacial score (nSPS) is 21.9. The van der Waals surface area contributed by atoms with Gasteiger partial charge in [0, 0.05) is 24.1 Å². The van der Waals surface area contributed by atoms with Crippen LogP contribution in [0, 0.1) is 0 Å². The van der Waals surface area contributed by atoms with E-state index in [0.29, 0.717) is 6.04 Å². The van der Waals surface area contributed by atoms with Crippen LogP contribution in [0.4, 0.5) is 5.82 Å². The van der Waals surface area contributed by atoms with Crippen molar-refractivity contribution >= 4 is 37.7 Å². The van der Waals surface area contributed by atoms with Gasteiger partial charge < -0.3 is 4.90 Å². The highest BCUT2D eigenvalue weighted by atomic mass is 79.9. The minimum absolute atomic E-state index is 0.577. The number of aromatic nitrogens is 1. The molecule has 0 aromatic carbocycles. The van der Waals surface area contributed by atoms with Gasteiger partial charge in [0.25, 0.3) is 0 Å². The molecule has 0 N–H and O–H groups in total. The summed E-state index contributed by atoms with van der Waals surface area (Å²) in [5.41, 5.74) is 0. The number of pyridine rings is 1. The van der Waals surface area contributed by atoms with E-state index in [1.54, 1.807) is 0 Å². The molecule has 16 heavy (non-hydrogen) atoms. The van der Waals surface area contributed by atoms with E-state index in [9.17, 15) is 0 Å². The van der Waals surface area contributed by atoms with Gasteiger partial charge in [0.1, 0.15) is 5.82 Å². The van der Waals surface area contributed by atoms with Crippen molar-refractivity contribution in [1.82, 2.24) is 4.98 Å². The van der Waals surface area contributed by atoms with E-state index in [-0.39, 0.29) is 0 Å². The molecule has 1 aliphatic rings. The lowest BCUT2D eigenvalue weighted by atomic mass is 10.1. The Balaban J connectivity index is 2.25. The smallest absolute Gasteiger partial charge is 0.143 e. The highest BCUT2D eigenvalue weighted by Gasteiger charge is 2.22. The fourth-order valence-corrected chi connectivity index (χ4v) is 3.36. The fraction of sp³-hybridized carbons (Fsp3) is 0.583. The molecule has 0 spiro atoms. The van der Waals surface area contributed by atoms with Crippen molar-refractivity contribution in [2.75, 3.05) is 16.8 Å². The number of halogens is 2. The minimum atomic E-state index is 0.577. The average Bonchev–Trinajstić information content (AvgIpc) is 2.54. The molecular weight excluding hydrogens is 332 g/mol. The van der Waals surface area contributed by atoms with Crippen LogP contribution in [-0.4, -0.2) is 22.9 Å².